The van der Waals surface area contributed by atoms with E-state index in [-0.39, 0.29) is 28.1 Å². The number of rotatable bonds is 4. The fourth-order valence-electron chi connectivity index (χ4n) is 2.56. The molecule has 3 aromatic rings. The molecule has 0 bridgehead atoms. The van der Waals surface area contributed by atoms with Crippen LogP contribution in [0.5, 0.6) is 5.75 Å². The van der Waals surface area contributed by atoms with E-state index in [0.29, 0.717) is 5.39 Å². The molecule has 10 heteroatoms. The van der Waals surface area contributed by atoms with Crippen molar-refractivity contribution in [3.05, 3.63) is 70.3 Å². The predicted octanol–water partition coefficient (Wildman–Crippen LogP) is 2.95. The normalized spacial score (nSPS) is 11.3. The summed E-state index contributed by atoms with van der Waals surface area (Å²) in [7, 11) is -4.61. The van der Waals surface area contributed by atoms with E-state index < -0.39 is 25.8 Å². The zero-order chi connectivity index (χ0) is 19.8. The predicted molar refractivity (Wildman–Crippen MR) is 96.5 cm³/mol. The highest BCUT2D eigenvalue weighted by molar-refractivity contribution is 7.86. The van der Waals surface area contributed by atoms with Crippen molar-refractivity contribution < 1.29 is 27.8 Å². The minimum absolute atomic E-state index is 0.0463. The van der Waals surface area contributed by atoms with Gasteiger partial charge in [0.15, 0.2) is 0 Å². The number of nitro benzene ring substituents is 1. The van der Waals surface area contributed by atoms with Crippen LogP contribution in [0.1, 0.15) is 10.4 Å². The minimum Gasteiger partial charge on any atom is -0.508 e. The molecular formula is C17H12N2O7S. The highest BCUT2D eigenvalue weighted by Crippen LogP contribution is 2.30. The Hall–Kier alpha value is -3.50. The van der Waals surface area contributed by atoms with Gasteiger partial charge in [0, 0.05) is 34.8 Å². The van der Waals surface area contributed by atoms with Crippen LogP contribution in [0.25, 0.3) is 10.8 Å². The number of fused-ring (bicyclic) bond motifs is 1. The Morgan fingerprint density at radius 3 is 2.48 bits per heavy atom. The third kappa shape index (κ3) is 3.86. The van der Waals surface area contributed by atoms with Gasteiger partial charge in [-0.25, -0.2) is 0 Å². The first kappa shape index (κ1) is 18.3. The zero-order valence-corrected chi connectivity index (χ0v) is 14.3. The monoisotopic (exact) mass is 388 g/mol. The lowest BCUT2D eigenvalue weighted by Crippen LogP contribution is -2.12. The van der Waals surface area contributed by atoms with Crippen LogP contribution in [0.15, 0.2) is 59.5 Å². The summed E-state index contributed by atoms with van der Waals surface area (Å²) in [5.41, 5.74) is 0.00454. The van der Waals surface area contributed by atoms with E-state index in [0.717, 1.165) is 12.1 Å². The van der Waals surface area contributed by atoms with E-state index in [9.17, 15) is 33.0 Å². The molecule has 138 valence electrons. The molecular weight excluding hydrogens is 376 g/mol. The topological polar surface area (TPSA) is 147 Å². The van der Waals surface area contributed by atoms with Gasteiger partial charge in [0.05, 0.1) is 4.92 Å². The number of phenols is 1. The lowest BCUT2D eigenvalue weighted by molar-refractivity contribution is -0.384. The third-order valence-electron chi connectivity index (χ3n) is 3.76. The van der Waals surface area contributed by atoms with Crippen LogP contribution >= 0.6 is 0 Å². The number of benzene rings is 3. The van der Waals surface area contributed by atoms with E-state index in [1.165, 1.54) is 42.5 Å². The molecule has 0 heterocycles. The molecule has 0 saturated carbocycles. The summed E-state index contributed by atoms with van der Waals surface area (Å²) in [6.45, 7) is 0. The maximum atomic E-state index is 12.3. The number of phenolic OH excluding ortho intramolecular Hbond substituents is 1. The molecule has 0 fully saturated rings. The third-order valence-corrected chi connectivity index (χ3v) is 4.65. The number of nitrogens with one attached hydrogen (secondary N) is 1. The van der Waals surface area contributed by atoms with E-state index in [4.69, 9.17) is 0 Å². The van der Waals surface area contributed by atoms with Gasteiger partial charge >= 0.3 is 0 Å². The molecule has 0 aliphatic rings. The summed E-state index contributed by atoms with van der Waals surface area (Å²) < 4.78 is 32.5. The van der Waals surface area contributed by atoms with Crippen molar-refractivity contribution in [3.8, 4) is 5.75 Å². The number of nitro groups is 1. The fourth-order valence-corrected chi connectivity index (χ4v) is 3.29. The number of nitrogens with zero attached hydrogens (tertiary/aromatic N) is 1. The number of carbonyl (C=O) groups excluding carboxylic acids is 1. The van der Waals surface area contributed by atoms with Gasteiger partial charge in [-0.15, -0.1) is 0 Å². The van der Waals surface area contributed by atoms with Gasteiger partial charge in [0.1, 0.15) is 10.6 Å². The van der Waals surface area contributed by atoms with Gasteiger partial charge in [-0.3, -0.25) is 19.5 Å². The standard InChI is InChI=1S/C17H12N2O7S/c20-14-7-10-4-5-12(8-15(10)16(9-14)27(24,25)26)18-17(21)11-2-1-3-13(6-11)19(22)23/h1-9,20H,(H,18,21)(H,24,25,26). The van der Waals surface area contributed by atoms with Crippen LogP contribution < -0.4 is 5.32 Å². The molecule has 3 aromatic carbocycles. The highest BCUT2D eigenvalue weighted by atomic mass is 32.2. The Morgan fingerprint density at radius 2 is 1.81 bits per heavy atom. The highest BCUT2D eigenvalue weighted by Gasteiger charge is 2.17. The fraction of sp³-hybridized carbons (Fsp3) is 0. The van der Waals surface area contributed by atoms with E-state index in [1.807, 2.05) is 0 Å². The molecule has 0 unspecified atom stereocenters. The SMILES string of the molecule is O=C(Nc1ccc2cc(O)cc(S(=O)(=O)O)c2c1)c1cccc([N+](=O)[O-])c1. The molecule has 9 nitrogen and oxygen atoms in total. The summed E-state index contributed by atoms with van der Waals surface area (Å²) in [5.74, 6) is -0.978. The number of aromatic hydroxyl groups is 1. The second-order valence-corrected chi connectivity index (χ2v) is 7.01. The summed E-state index contributed by atoms with van der Waals surface area (Å²) in [6, 6.07) is 11.5. The Labute approximate surface area is 152 Å². The Bertz CT molecular complexity index is 1190. The van der Waals surface area contributed by atoms with E-state index in [2.05, 4.69) is 5.32 Å². The summed E-state index contributed by atoms with van der Waals surface area (Å²) in [5, 5.41) is 23.3. The van der Waals surface area contributed by atoms with Crippen molar-refractivity contribution in [2.24, 2.45) is 0 Å². The second kappa shape index (κ2) is 6.67. The number of hydrogen-bond donors (Lipinski definition) is 3. The van der Waals surface area contributed by atoms with Crippen LogP contribution in [-0.2, 0) is 10.1 Å². The smallest absolute Gasteiger partial charge is 0.295 e. The molecule has 3 rings (SSSR count). The van der Waals surface area contributed by atoms with Crippen LogP contribution in [0.4, 0.5) is 11.4 Å². The minimum atomic E-state index is -4.61. The van der Waals surface area contributed by atoms with Crippen LogP contribution in [0, 0.1) is 10.1 Å². The molecule has 27 heavy (non-hydrogen) atoms. The zero-order valence-electron chi connectivity index (χ0n) is 13.5. The first-order chi connectivity index (χ1) is 12.6. The van der Waals surface area contributed by atoms with Gasteiger partial charge in [-0.1, -0.05) is 12.1 Å². The number of amides is 1. The van der Waals surface area contributed by atoms with Crippen LogP contribution in [0.2, 0.25) is 0 Å². The van der Waals surface area contributed by atoms with Gasteiger partial charge in [0.25, 0.3) is 21.7 Å². The Morgan fingerprint density at radius 1 is 1.07 bits per heavy atom. The molecule has 0 saturated heterocycles. The largest absolute Gasteiger partial charge is 0.508 e. The van der Waals surface area contributed by atoms with Crippen LogP contribution in [0.3, 0.4) is 0 Å². The van der Waals surface area contributed by atoms with Gasteiger partial charge in [0.2, 0.25) is 0 Å². The van der Waals surface area contributed by atoms with Crippen molar-refractivity contribution >= 4 is 38.2 Å². The van der Waals surface area contributed by atoms with Crippen molar-refractivity contribution in [1.29, 1.82) is 0 Å². The van der Waals surface area contributed by atoms with Gasteiger partial charge in [-0.2, -0.15) is 8.42 Å². The molecule has 0 aliphatic heterocycles. The number of hydrogen-bond acceptors (Lipinski definition) is 6. The number of non-ortho nitro benzene ring substituents is 1. The summed E-state index contributed by atoms with van der Waals surface area (Å²) in [4.78, 5) is 22.0. The summed E-state index contributed by atoms with van der Waals surface area (Å²) >= 11 is 0. The first-order valence-corrected chi connectivity index (χ1v) is 8.89. The van der Waals surface area contributed by atoms with Crippen LogP contribution in [-0.4, -0.2) is 28.9 Å². The van der Waals surface area contributed by atoms with E-state index >= 15 is 0 Å². The van der Waals surface area contributed by atoms with Crippen molar-refractivity contribution in [1.82, 2.24) is 0 Å². The number of carbonyl (C=O) groups is 1. The Kier molecular flexibility index (Phi) is 4.52. The molecule has 1 amide bonds. The van der Waals surface area contributed by atoms with Gasteiger partial charge < -0.3 is 10.4 Å². The van der Waals surface area contributed by atoms with Crippen molar-refractivity contribution in [3.63, 3.8) is 0 Å². The molecule has 0 aromatic heterocycles. The lowest BCUT2D eigenvalue weighted by Gasteiger charge is -2.09. The summed E-state index contributed by atoms with van der Waals surface area (Å²) in [6.07, 6.45) is 0. The second-order valence-electron chi connectivity index (χ2n) is 5.62. The Balaban J connectivity index is 2.01. The maximum absolute atomic E-state index is 12.3. The molecule has 0 atom stereocenters. The molecule has 0 spiro atoms. The van der Waals surface area contributed by atoms with Crippen molar-refractivity contribution in [2.75, 3.05) is 5.32 Å². The lowest BCUT2D eigenvalue weighted by atomic mass is 10.1. The average molecular weight is 388 g/mol. The average Bonchev–Trinajstić information content (AvgIpc) is 2.60. The molecule has 0 radical (unpaired) electrons. The van der Waals surface area contributed by atoms with E-state index in [1.54, 1.807) is 0 Å². The van der Waals surface area contributed by atoms with Crippen molar-refractivity contribution in [2.45, 2.75) is 4.90 Å². The molecule has 3 N–H and O–H groups in total. The number of anilines is 1. The maximum Gasteiger partial charge on any atom is 0.295 e. The first-order valence-electron chi connectivity index (χ1n) is 7.45. The van der Waals surface area contributed by atoms with Gasteiger partial charge in [-0.05, 0) is 29.7 Å². The quantitative estimate of drug-likeness (QED) is 0.354. The molecule has 0 aliphatic carbocycles.